The van der Waals surface area contributed by atoms with Gasteiger partial charge in [0.15, 0.2) is 11.5 Å². The van der Waals surface area contributed by atoms with Crippen molar-refractivity contribution in [2.24, 2.45) is 5.92 Å². The molecule has 1 aliphatic rings. The summed E-state index contributed by atoms with van der Waals surface area (Å²) in [5, 5.41) is 9.93. The van der Waals surface area contributed by atoms with Crippen molar-refractivity contribution < 1.29 is 4.39 Å². The fourth-order valence-electron chi connectivity index (χ4n) is 3.54. The Balaban J connectivity index is 1.77. The minimum Gasteiger partial charge on any atom is -0.265 e. The maximum absolute atomic E-state index is 13.2. The summed E-state index contributed by atoms with van der Waals surface area (Å²) >= 11 is 1.78. The highest BCUT2D eigenvalue weighted by molar-refractivity contribution is 7.19. The summed E-state index contributed by atoms with van der Waals surface area (Å²) in [7, 11) is 0. The monoisotopic (exact) mass is 338 g/mol. The molecule has 0 amide bonds. The van der Waals surface area contributed by atoms with Crippen LogP contribution in [0.2, 0.25) is 0 Å². The van der Waals surface area contributed by atoms with Crippen LogP contribution in [0, 0.1) is 11.7 Å². The Hall–Kier alpha value is -2.34. The van der Waals surface area contributed by atoms with Gasteiger partial charge in [-0.3, -0.25) is 4.40 Å². The number of thiophene rings is 1. The van der Waals surface area contributed by atoms with E-state index in [0.29, 0.717) is 11.7 Å². The average Bonchev–Trinajstić information content (AvgIpc) is 3.16. The van der Waals surface area contributed by atoms with Crippen LogP contribution < -0.4 is 0 Å². The first-order valence-corrected chi connectivity index (χ1v) is 8.92. The molecule has 1 atom stereocenters. The standard InChI is InChI=1S/C18H15FN4S/c1-10-2-7-14-13(8-10)15-17-22-21-16(11-3-5-12(19)6-4-11)23(17)9-20-18(15)24-14/h3-6,9-10H,2,7-8H2,1H3/t10-/m0/s1. The summed E-state index contributed by atoms with van der Waals surface area (Å²) in [4.78, 5) is 7.12. The summed E-state index contributed by atoms with van der Waals surface area (Å²) in [5.41, 5.74) is 3.08. The highest BCUT2D eigenvalue weighted by atomic mass is 32.1. The molecule has 0 radical (unpaired) electrons. The molecule has 0 saturated carbocycles. The van der Waals surface area contributed by atoms with Gasteiger partial charge in [0, 0.05) is 10.4 Å². The van der Waals surface area contributed by atoms with E-state index in [1.165, 1.54) is 29.0 Å². The van der Waals surface area contributed by atoms with E-state index >= 15 is 0 Å². The zero-order valence-electron chi connectivity index (χ0n) is 13.2. The van der Waals surface area contributed by atoms with Gasteiger partial charge in [-0.05, 0) is 55.0 Å². The van der Waals surface area contributed by atoms with Crippen molar-refractivity contribution in [1.29, 1.82) is 0 Å². The second kappa shape index (κ2) is 5.08. The van der Waals surface area contributed by atoms with Gasteiger partial charge in [0.1, 0.15) is 17.0 Å². The summed E-state index contributed by atoms with van der Waals surface area (Å²) < 4.78 is 15.1. The van der Waals surface area contributed by atoms with Crippen molar-refractivity contribution in [3.8, 4) is 11.4 Å². The normalized spacial score (nSPS) is 17.5. The van der Waals surface area contributed by atoms with E-state index in [1.807, 2.05) is 4.40 Å². The van der Waals surface area contributed by atoms with Crippen LogP contribution in [0.4, 0.5) is 4.39 Å². The maximum Gasteiger partial charge on any atom is 0.172 e. The van der Waals surface area contributed by atoms with Crippen LogP contribution >= 0.6 is 11.3 Å². The van der Waals surface area contributed by atoms with E-state index in [4.69, 9.17) is 0 Å². The Morgan fingerprint density at radius 2 is 2.04 bits per heavy atom. The molecule has 1 aliphatic carbocycles. The Labute approximate surface area is 142 Å². The van der Waals surface area contributed by atoms with Crippen molar-refractivity contribution in [2.45, 2.75) is 26.2 Å². The van der Waals surface area contributed by atoms with Gasteiger partial charge < -0.3 is 0 Å². The van der Waals surface area contributed by atoms with Gasteiger partial charge in [0.25, 0.3) is 0 Å². The first-order valence-electron chi connectivity index (χ1n) is 8.10. The van der Waals surface area contributed by atoms with Crippen LogP contribution in [0.1, 0.15) is 23.8 Å². The van der Waals surface area contributed by atoms with Crippen LogP contribution in [-0.2, 0) is 12.8 Å². The summed E-state index contributed by atoms with van der Waals surface area (Å²) in [5.74, 6) is 1.13. The van der Waals surface area contributed by atoms with Crippen molar-refractivity contribution >= 4 is 27.2 Å². The fraction of sp³-hybridized carbons (Fsp3) is 0.278. The van der Waals surface area contributed by atoms with Gasteiger partial charge >= 0.3 is 0 Å². The Morgan fingerprint density at radius 3 is 2.88 bits per heavy atom. The molecule has 3 aromatic heterocycles. The lowest BCUT2D eigenvalue weighted by molar-refractivity contribution is 0.508. The molecule has 0 fully saturated rings. The average molecular weight is 338 g/mol. The molecule has 5 rings (SSSR count). The molecule has 0 bridgehead atoms. The number of aromatic nitrogens is 4. The number of benzene rings is 1. The number of rotatable bonds is 1. The highest BCUT2D eigenvalue weighted by Gasteiger charge is 2.24. The molecule has 0 saturated heterocycles. The second-order valence-corrected chi connectivity index (χ2v) is 7.58. The zero-order valence-corrected chi connectivity index (χ0v) is 14.0. The van der Waals surface area contributed by atoms with Crippen molar-refractivity contribution in [1.82, 2.24) is 19.6 Å². The lowest BCUT2D eigenvalue weighted by atomic mass is 9.89. The van der Waals surface area contributed by atoms with Crippen molar-refractivity contribution in [2.75, 3.05) is 0 Å². The SMILES string of the molecule is C[C@H]1CCc2sc3ncn4c(-c5ccc(F)cc5)nnc4c3c2C1. The van der Waals surface area contributed by atoms with Crippen LogP contribution in [0.3, 0.4) is 0 Å². The molecular weight excluding hydrogens is 323 g/mol. The number of hydrogen-bond donors (Lipinski definition) is 0. The number of fused-ring (bicyclic) bond motifs is 5. The van der Waals surface area contributed by atoms with Crippen LogP contribution in [0.5, 0.6) is 0 Å². The van der Waals surface area contributed by atoms with Gasteiger partial charge in [-0.15, -0.1) is 21.5 Å². The van der Waals surface area contributed by atoms with Gasteiger partial charge in [-0.1, -0.05) is 6.92 Å². The molecule has 1 aromatic carbocycles. The third kappa shape index (κ3) is 1.99. The van der Waals surface area contributed by atoms with Gasteiger partial charge in [0.2, 0.25) is 0 Å². The first-order chi connectivity index (χ1) is 11.7. The highest BCUT2D eigenvalue weighted by Crippen LogP contribution is 2.39. The topological polar surface area (TPSA) is 43.1 Å². The lowest BCUT2D eigenvalue weighted by Crippen LogP contribution is -2.09. The molecule has 0 spiro atoms. The summed E-state index contributed by atoms with van der Waals surface area (Å²) in [6, 6.07) is 6.33. The first kappa shape index (κ1) is 14.0. The Kier molecular flexibility index (Phi) is 2.97. The molecular formula is C18H15FN4S. The smallest absolute Gasteiger partial charge is 0.172 e. The predicted molar refractivity (Wildman–Crippen MR) is 92.7 cm³/mol. The van der Waals surface area contributed by atoms with E-state index in [-0.39, 0.29) is 5.82 Å². The van der Waals surface area contributed by atoms with Crippen molar-refractivity contribution in [3.05, 3.63) is 46.9 Å². The molecule has 0 unspecified atom stereocenters. The van der Waals surface area contributed by atoms with E-state index in [1.54, 1.807) is 29.8 Å². The molecule has 120 valence electrons. The van der Waals surface area contributed by atoms with Crippen LogP contribution in [0.15, 0.2) is 30.6 Å². The van der Waals surface area contributed by atoms with Gasteiger partial charge in [0.05, 0.1) is 5.39 Å². The quantitative estimate of drug-likeness (QED) is 0.520. The van der Waals surface area contributed by atoms with E-state index in [0.717, 1.165) is 34.3 Å². The lowest BCUT2D eigenvalue weighted by Gasteiger charge is -2.17. The third-order valence-corrected chi connectivity index (χ3v) is 6.00. The number of halogens is 1. The van der Waals surface area contributed by atoms with E-state index in [9.17, 15) is 4.39 Å². The molecule has 24 heavy (non-hydrogen) atoms. The largest absolute Gasteiger partial charge is 0.265 e. The van der Waals surface area contributed by atoms with E-state index in [2.05, 4.69) is 22.1 Å². The van der Waals surface area contributed by atoms with Gasteiger partial charge in [-0.2, -0.15) is 0 Å². The molecule has 0 aliphatic heterocycles. The predicted octanol–water partition coefficient (Wildman–Crippen LogP) is 4.27. The number of nitrogens with zero attached hydrogens (tertiary/aromatic N) is 4. The zero-order chi connectivity index (χ0) is 16.3. The third-order valence-electron chi connectivity index (χ3n) is 4.80. The van der Waals surface area contributed by atoms with Gasteiger partial charge in [-0.25, -0.2) is 9.37 Å². The number of aryl methyl sites for hydroxylation is 1. The Bertz CT molecular complexity index is 1060. The molecule has 6 heteroatoms. The minimum absolute atomic E-state index is 0.256. The maximum atomic E-state index is 13.2. The van der Waals surface area contributed by atoms with E-state index < -0.39 is 0 Å². The fourth-order valence-corrected chi connectivity index (χ4v) is 4.72. The van der Waals surface area contributed by atoms with Crippen LogP contribution in [-0.4, -0.2) is 19.6 Å². The summed E-state index contributed by atoms with van der Waals surface area (Å²) in [6.45, 7) is 2.30. The number of hydrogen-bond acceptors (Lipinski definition) is 4. The van der Waals surface area contributed by atoms with Crippen LogP contribution in [0.25, 0.3) is 27.3 Å². The molecule has 4 nitrogen and oxygen atoms in total. The Morgan fingerprint density at radius 1 is 1.21 bits per heavy atom. The minimum atomic E-state index is -0.256. The van der Waals surface area contributed by atoms with Crippen molar-refractivity contribution in [3.63, 3.8) is 0 Å². The molecule has 4 aromatic rings. The second-order valence-electron chi connectivity index (χ2n) is 6.50. The molecule has 0 N–H and O–H groups in total. The molecule has 3 heterocycles. The summed E-state index contributed by atoms with van der Waals surface area (Å²) in [6.07, 6.45) is 5.23.